The Labute approximate surface area is 79.1 Å². The van der Waals surface area contributed by atoms with Crippen LogP contribution >= 0.6 is 0 Å². The van der Waals surface area contributed by atoms with Crippen molar-refractivity contribution >= 4 is 5.78 Å². The number of hydrogen-bond donors (Lipinski definition) is 1. The molecule has 0 radical (unpaired) electrons. The van der Waals surface area contributed by atoms with Crippen molar-refractivity contribution in [2.24, 2.45) is 5.73 Å². The average Bonchev–Trinajstić information content (AvgIpc) is 2.21. The van der Waals surface area contributed by atoms with Gasteiger partial charge in [0.2, 0.25) is 0 Å². The van der Waals surface area contributed by atoms with Gasteiger partial charge in [0.05, 0.1) is 6.04 Å². The van der Waals surface area contributed by atoms with Crippen LogP contribution in [0.25, 0.3) is 0 Å². The molecule has 0 saturated carbocycles. The number of carbonyl (C=O) groups excluding carboxylic acids is 1. The van der Waals surface area contributed by atoms with Crippen LogP contribution < -0.4 is 5.73 Å². The molecule has 70 valence electrons. The summed E-state index contributed by atoms with van der Waals surface area (Å²) in [5, 5.41) is 0. The van der Waals surface area contributed by atoms with E-state index in [4.69, 9.17) is 5.73 Å². The summed E-state index contributed by atoms with van der Waals surface area (Å²) in [5.41, 5.74) is 6.46. The van der Waals surface area contributed by atoms with E-state index in [9.17, 15) is 4.79 Å². The predicted molar refractivity (Wildman–Crippen MR) is 55.3 cm³/mol. The number of hydrogen-bond acceptors (Lipinski definition) is 2. The standard InChI is InChI=1S/C9H11NO.C2H4/c1-7(11)9(10)8-5-3-2-4-6-8;1-2/h2-6,9H,10H2,1H3;1-2H2. The zero-order valence-electron chi connectivity index (χ0n) is 7.86. The number of ketones is 1. The second kappa shape index (κ2) is 6.14. The second-order valence-electron chi connectivity index (χ2n) is 2.50. The van der Waals surface area contributed by atoms with Gasteiger partial charge in [-0.15, -0.1) is 13.2 Å². The number of Topliss-reactive ketones (excluding diaryl/α,β-unsaturated/α-hetero) is 1. The van der Waals surface area contributed by atoms with Crippen LogP contribution in [-0.2, 0) is 4.79 Å². The molecule has 0 aliphatic carbocycles. The Bertz CT molecular complexity index is 256. The molecular formula is C11H15NO. The highest BCUT2D eigenvalue weighted by atomic mass is 16.1. The van der Waals surface area contributed by atoms with Gasteiger partial charge in [0.1, 0.15) is 0 Å². The normalized spacial score (nSPS) is 10.9. The zero-order valence-corrected chi connectivity index (χ0v) is 7.86. The number of benzene rings is 1. The minimum atomic E-state index is -0.462. The van der Waals surface area contributed by atoms with Gasteiger partial charge in [-0.25, -0.2) is 0 Å². The highest BCUT2D eigenvalue weighted by Crippen LogP contribution is 2.09. The van der Waals surface area contributed by atoms with Crippen molar-refractivity contribution in [3.8, 4) is 0 Å². The first-order valence-corrected chi connectivity index (χ1v) is 4.03. The van der Waals surface area contributed by atoms with Crippen LogP contribution in [0, 0.1) is 0 Å². The first kappa shape index (κ1) is 11.6. The van der Waals surface area contributed by atoms with Crippen LogP contribution in [0.1, 0.15) is 18.5 Å². The molecule has 1 aromatic carbocycles. The summed E-state index contributed by atoms with van der Waals surface area (Å²) >= 11 is 0. The van der Waals surface area contributed by atoms with Crippen LogP contribution in [0.15, 0.2) is 43.5 Å². The van der Waals surface area contributed by atoms with Crippen molar-refractivity contribution in [2.45, 2.75) is 13.0 Å². The number of rotatable bonds is 2. The van der Waals surface area contributed by atoms with Gasteiger partial charge in [0, 0.05) is 0 Å². The highest BCUT2D eigenvalue weighted by molar-refractivity contribution is 5.82. The predicted octanol–water partition coefficient (Wildman–Crippen LogP) is 2.08. The van der Waals surface area contributed by atoms with E-state index in [0.717, 1.165) is 5.56 Å². The molecule has 0 amide bonds. The van der Waals surface area contributed by atoms with Gasteiger partial charge in [-0.1, -0.05) is 30.3 Å². The molecule has 0 aliphatic rings. The van der Waals surface area contributed by atoms with Crippen molar-refractivity contribution in [2.75, 3.05) is 0 Å². The van der Waals surface area contributed by atoms with Gasteiger partial charge in [-0.2, -0.15) is 0 Å². The molecule has 1 atom stereocenters. The van der Waals surface area contributed by atoms with Crippen molar-refractivity contribution in [3.63, 3.8) is 0 Å². The lowest BCUT2D eigenvalue weighted by molar-refractivity contribution is -0.118. The van der Waals surface area contributed by atoms with E-state index in [1.165, 1.54) is 6.92 Å². The monoisotopic (exact) mass is 177 g/mol. The molecule has 2 heteroatoms. The molecule has 1 aromatic rings. The van der Waals surface area contributed by atoms with Crippen molar-refractivity contribution < 1.29 is 4.79 Å². The number of nitrogens with two attached hydrogens (primary N) is 1. The maximum atomic E-state index is 10.8. The average molecular weight is 177 g/mol. The van der Waals surface area contributed by atoms with Crippen molar-refractivity contribution in [1.82, 2.24) is 0 Å². The van der Waals surface area contributed by atoms with E-state index < -0.39 is 6.04 Å². The van der Waals surface area contributed by atoms with Gasteiger partial charge in [-0.05, 0) is 12.5 Å². The molecule has 0 aliphatic heterocycles. The van der Waals surface area contributed by atoms with Gasteiger partial charge < -0.3 is 5.73 Å². The maximum absolute atomic E-state index is 10.8. The summed E-state index contributed by atoms with van der Waals surface area (Å²) in [7, 11) is 0. The Morgan fingerprint density at radius 2 is 1.77 bits per heavy atom. The van der Waals surface area contributed by atoms with Crippen molar-refractivity contribution in [1.29, 1.82) is 0 Å². The van der Waals surface area contributed by atoms with Gasteiger partial charge in [0.25, 0.3) is 0 Å². The summed E-state index contributed by atoms with van der Waals surface area (Å²) in [5.74, 6) is -0.00352. The summed E-state index contributed by atoms with van der Waals surface area (Å²) in [6.45, 7) is 7.50. The molecular weight excluding hydrogens is 162 g/mol. The van der Waals surface area contributed by atoms with Gasteiger partial charge >= 0.3 is 0 Å². The van der Waals surface area contributed by atoms with E-state index >= 15 is 0 Å². The fourth-order valence-electron chi connectivity index (χ4n) is 0.895. The largest absolute Gasteiger partial charge is 0.318 e. The Morgan fingerprint density at radius 1 is 1.31 bits per heavy atom. The van der Waals surface area contributed by atoms with Gasteiger partial charge in [0.15, 0.2) is 5.78 Å². The van der Waals surface area contributed by atoms with Gasteiger partial charge in [-0.3, -0.25) is 4.79 Å². The Kier molecular flexibility index (Phi) is 5.48. The summed E-state index contributed by atoms with van der Waals surface area (Å²) in [6.07, 6.45) is 0. The van der Waals surface area contributed by atoms with E-state index in [2.05, 4.69) is 13.2 Å². The van der Waals surface area contributed by atoms with E-state index in [0.29, 0.717) is 0 Å². The lowest BCUT2D eigenvalue weighted by Gasteiger charge is -2.06. The molecule has 2 nitrogen and oxygen atoms in total. The quantitative estimate of drug-likeness (QED) is 0.703. The van der Waals surface area contributed by atoms with Crippen LogP contribution in [0.2, 0.25) is 0 Å². The summed E-state index contributed by atoms with van der Waals surface area (Å²) in [4.78, 5) is 10.8. The Morgan fingerprint density at radius 3 is 2.15 bits per heavy atom. The molecule has 1 unspecified atom stereocenters. The summed E-state index contributed by atoms with van der Waals surface area (Å²) < 4.78 is 0. The fourth-order valence-corrected chi connectivity index (χ4v) is 0.895. The molecule has 0 aromatic heterocycles. The first-order chi connectivity index (χ1) is 6.22. The molecule has 13 heavy (non-hydrogen) atoms. The summed E-state index contributed by atoms with van der Waals surface area (Å²) in [6, 6.07) is 8.89. The molecule has 2 N–H and O–H groups in total. The SMILES string of the molecule is C=C.CC(=O)C(N)c1ccccc1. The van der Waals surface area contributed by atoms with E-state index in [1.807, 2.05) is 30.3 Å². The Hall–Kier alpha value is -1.41. The second-order valence-corrected chi connectivity index (χ2v) is 2.50. The number of carbonyl (C=O) groups is 1. The van der Waals surface area contributed by atoms with E-state index in [-0.39, 0.29) is 5.78 Å². The fraction of sp³-hybridized carbons (Fsp3) is 0.182. The van der Waals surface area contributed by atoms with E-state index in [1.54, 1.807) is 0 Å². The van der Waals surface area contributed by atoms with Crippen LogP contribution in [0.3, 0.4) is 0 Å². The van der Waals surface area contributed by atoms with Crippen LogP contribution in [0.4, 0.5) is 0 Å². The minimum absolute atomic E-state index is 0.00352. The maximum Gasteiger partial charge on any atom is 0.150 e. The third kappa shape index (κ3) is 3.67. The zero-order chi connectivity index (χ0) is 10.3. The lowest BCUT2D eigenvalue weighted by atomic mass is 10.1. The highest BCUT2D eigenvalue weighted by Gasteiger charge is 2.08. The molecule has 0 saturated heterocycles. The third-order valence-corrected chi connectivity index (χ3v) is 1.60. The third-order valence-electron chi connectivity index (χ3n) is 1.60. The topological polar surface area (TPSA) is 43.1 Å². The molecule has 1 rings (SSSR count). The lowest BCUT2D eigenvalue weighted by Crippen LogP contribution is -2.18. The Balaban J connectivity index is 0.000000671. The van der Waals surface area contributed by atoms with Crippen molar-refractivity contribution in [3.05, 3.63) is 49.1 Å². The van der Waals surface area contributed by atoms with Crippen LogP contribution in [-0.4, -0.2) is 5.78 Å². The molecule has 0 heterocycles. The van der Waals surface area contributed by atoms with Crippen LogP contribution in [0.5, 0.6) is 0 Å². The smallest absolute Gasteiger partial charge is 0.150 e. The molecule has 0 spiro atoms. The first-order valence-electron chi connectivity index (χ1n) is 4.03. The minimum Gasteiger partial charge on any atom is -0.318 e. The molecule has 0 fully saturated rings. The molecule has 0 bridgehead atoms.